The molecule has 3 rings (SSSR count). The summed E-state index contributed by atoms with van der Waals surface area (Å²) in [6.45, 7) is 3.66. The number of nitrogens with zero attached hydrogens (tertiary/aromatic N) is 1. The van der Waals surface area contributed by atoms with E-state index >= 15 is 0 Å². The van der Waals surface area contributed by atoms with Gasteiger partial charge in [-0.1, -0.05) is 48.5 Å². The molecule has 0 aliphatic rings. The van der Waals surface area contributed by atoms with Crippen molar-refractivity contribution in [2.24, 2.45) is 0 Å². The van der Waals surface area contributed by atoms with Crippen LogP contribution in [0.4, 0.5) is 10.5 Å². The lowest BCUT2D eigenvalue weighted by atomic mass is 10.0. The van der Waals surface area contributed by atoms with Crippen molar-refractivity contribution in [3.8, 4) is 0 Å². The van der Waals surface area contributed by atoms with Crippen LogP contribution in [-0.2, 0) is 0 Å². The summed E-state index contributed by atoms with van der Waals surface area (Å²) >= 11 is 0. The Hall–Kier alpha value is -3.34. The van der Waals surface area contributed by atoms with Crippen LogP contribution < -0.4 is 10.7 Å². The first kappa shape index (κ1) is 16.5. The van der Waals surface area contributed by atoms with Gasteiger partial charge in [0, 0.05) is 28.2 Å². The Kier molecular flexibility index (Phi) is 4.66. The Morgan fingerprint density at radius 1 is 0.880 bits per heavy atom. The van der Waals surface area contributed by atoms with Crippen LogP contribution >= 0.6 is 0 Å². The summed E-state index contributed by atoms with van der Waals surface area (Å²) in [5, 5.41) is 2.76. The third-order valence-corrected chi connectivity index (χ3v) is 3.96. The highest BCUT2D eigenvalue weighted by Gasteiger charge is 2.18. The summed E-state index contributed by atoms with van der Waals surface area (Å²) < 4.78 is 1.62. The molecule has 0 fully saturated rings. The molecule has 0 spiro atoms. The Morgan fingerprint density at radius 2 is 1.48 bits per heavy atom. The first-order valence-corrected chi connectivity index (χ1v) is 7.98. The zero-order valence-corrected chi connectivity index (χ0v) is 14.1. The molecule has 0 atom stereocenters. The molecule has 0 saturated heterocycles. The SMILES string of the molecule is Cc1cc(C(=O)c2ccccc2)c(C)n1NC(=O)Nc1ccccc1. The van der Waals surface area contributed by atoms with Crippen LogP contribution in [0.1, 0.15) is 27.3 Å². The average molecular weight is 333 g/mol. The Morgan fingerprint density at radius 3 is 2.12 bits per heavy atom. The molecule has 25 heavy (non-hydrogen) atoms. The number of anilines is 1. The summed E-state index contributed by atoms with van der Waals surface area (Å²) in [6.07, 6.45) is 0. The lowest BCUT2D eigenvalue weighted by molar-refractivity contribution is 0.103. The van der Waals surface area contributed by atoms with E-state index in [1.54, 1.807) is 35.0 Å². The van der Waals surface area contributed by atoms with Crippen LogP contribution in [0.25, 0.3) is 0 Å². The number of ketones is 1. The van der Waals surface area contributed by atoms with Gasteiger partial charge in [0.15, 0.2) is 5.78 Å². The highest BCUT2D eigenvalue weighted by molar-refractivity contribution is 6.10. The number of urea groups is 1. The Balaban J connectivity index is 1.80. The normalized spacial score (nSPS) is 10.3. The fourth-order valence-electron chi connectivity index (χ4n) is 2.69. The summed E-state index contributed by atoms with van der Waals surface area (Å²) in [6, 6.07) is 19.7. The molecule has 5 heteroatoms. The van der Waals surface area contributed by atoms with E-state index in [1.165, 1.54) is 0 Å². The first-order chi connectivity index (χ1) is 12.1. The molecule has 1 aromatic heterocycles. The largest absolute Gasteiger partial charge is 0.338 e. The predicted octanol–water partition coefficient (Wildman–Crippen LogP) is 4.11. The molecular formula is C20H19N3O2. The van der Waals surface area contributed by atoms with Crippen molar-refractivity contribution in [3.63, 3.8) is 0 Å². The van der Waals surface area contributed by atoms with Crippen LogP contribution in [-0.4, -0.2) is 16.5 Å². The minimum absolute atomic E-state index is 0.0646. The van der Waals surface area contributed by atoms with E-state index < -0.39 is 0 Å². The van der Waals surface area contributed by atoms with E-state index in [4.69, 9.17) is 0 Å². The Bertz CT molecular complexity index is 899. The van der Waals surface area contributed by atoms with Gasteiger partial charge in [0.25, 0.3) is 0 Å². The molecule has 0 radical (unpaired) electrons. The zero-order chi connectivity index (χ0) is 17.8. The monoisotopic (exact) mass is 333 g/mol. The van der Waals surface area contributed by atoms with Gasteiger partial charge in [0.1, 0.15) is 0 Å². The molecule has 0 aliphatic carbocycles. The molecule has 0 bridgehead atoms. The van der Waals surface area contributed by atoms with Crippen molar-refractivity contribution in [1.82, 2.24) is 4.68 Å². The third-order valence-electron chi connectivity index (χ3n) is 3.96. The lowest BCUT2D eigenvalue weighted by Gasteiger charge is -2.12. The van der Waals surface area contributed by atoms with Crippen LogP contribution in [0.5, 0.6) is 0 Å². The second kappa shape index (κ2) is 7.05. The number of hydrogen-bond donors (Lipinski definition) is 2. The predicted molar refractivity (Wildman–Crippen MR) is 98.6 cm³/mol. The first-order valence-electron chi connectivity index (χ1n) is 7.98. The van der Waals surface area contributed by atoms with Gasteiger partial charge in [-0.25, -0.2) is 10.2 Å². The molecule has 2 amide bonds. The molecule has 0 aliphatic heterocycles. The maximum atomic E-state index is 12.7. The summed E-state index contributed by atoms with van der Waals surface area (Å²) in [5.41, 5.74) is 6.13. The van der Waals surface area contributed by atoms with E-state index in [0.717, 1.165) is 5.69 Å². The number of carbonyl (C=O) groups excluding carboxylic acids is 2. The van der Waals surface area contributed by atoms with Crippen molar-refractivity contribution >= 4 is 17.5 Å². The number of para-hydroxylation sites is 1. The van der Waals surface area contributed by atoms with Gasteiger partial charge >= 0.3 is 6.03 Å². The van der Waals surface area contributed by atoms with Gasteiger partial charge in [0.2, 0.25) is 0 Å². The second-order valence-electron chi connectivity index (χ2n) is 5.75. The quantitative estimate of drug-likeness (QED) is 0.706. The van der Waals surface area contributed by atoms with E-state index in [1.807, 2.05) is 50.2 Å². The van der Waals surface area contributed by atoms with E-state index in [2.05, 4.69) is 10.7 Å². The van der Waals surface area contributed by atoms with Crippen molar-refractivity contribution in [3.05, 3.63) is 89.2 Å². The van der Waals surface area contributed by atoms with Crippen LogP contribution in [0.2, 0.25) is 0 Å². The molecular weight excluding hydrogens is 314 g/mol. The van der Waals surface area contributed by atoms with E-state index in [0.29, 0.717) is 22.5 Å². The molecule has 0 saturated carbocycles. The maximum Gasteiger partial charge on any atom is 0.338 e. The number of aromatic nitrogens is 1. The summed E-state index contributed by atoms with van der Waals surface area (Å²) in [4.78, 5) is 24.9. The van der Waals surface area contributed by atoms with E-state index in [-0.39, 0.29) is 11.8 Å². The van der Waals surface area contributed by atoms with Crippen LogP contribution in [0.3, 0.4) is 0 Å². The molecule has 5 nitrogen and oxygen atoms in total. The van der Waals surface area contributed by atoms with E-state index in [9.17, 15) is 9.59 Å². The number of benzene rings is 2. The van der Waals surface area contributed by atoms with Gasteiger partial charge in [-0.3, -0.25) is 9.47 Å². The fraction of sp³-hybridized carbons (Fsp3) is 0.100. The second-order valence-corrected chi connectivity index (χ2v) is 5.75. The minimum atomic E-state index is -0.369. The van der Waals surface area contributed by atoms with Gasteiger partial charge in [-0.2, -0.15) is 0 Å². The molecule has 0 unspecified atom stereocenters. The number of amides is 2. The van der Waals surface area contributed by atoms with Crippen molar-refractivity contribution in [2.75, 3.05) is 10.7 Å². The highest BCUT2D eigenvalue weighted by Crippen LogP contribution is 2.18. The summed E-state index contributed by atoms with van der Waals surface area (Å²) in [5.74, 6) is -0.0646. The Labute approximate surface area is 146 Å². The number of aryl methyl sites for hydroxylation is 1. The topological polar surface area (TPSA) is 63.1 Å². The average Bonchev–Trinajstić information content (AvgIpc) is 2.91. The zero-order valence-electron chi connectivity index (χ0n) is 14.1. The fourth-order valence-corrected chi connectivity index (χ4v) is 2.69. The molecule has 1 heterocycles. The lowest BCUT2D eigenvalue weighted by Crippen LogP contribution is -2.29. The van der Waals surface area contributed by atoms with Crippen LogP contribution in [0, 0.1) is 13.8 Å². The van der Waals surface area contributed by atoms with Gasteiger partial charge in [-0.05, 0) is 32.0 Å². The molecule has 3 aromatic rings. The van der Waals surface area contributed by atoms with Crippen molar-refractivity contribution in [2.45, 2.75) is 13.8 Å². The minimum Gasteiger partial charge on any atom is -0.307 e. The standard InChI is InChI=1S/C20H19N3O2/c1-14-13-18(19(24)16-9-5-3-6-10-16)15(2)23(14)22-20(25)21-17-11-7-4-8-12-17/h3-13H,1-2H3,(H2,21,22,25). The van der Waals surface area contributed by atoms with Crippen molar-refractivity contribution in [1.29, 1.82) is 0 Å². The number of nitrogens with one attached hydrogen (secondary N) is 2. The number of hydrogen-bond acceptors (Lipinski definition) is 2. The summed E-state index contributed by atoms with van der Waals surface area (Å²) in [7, 11) is 0. The maximum absolute atomic E-state index is 12.7. The third kappa shape index (κ3) is 3.61. The molecule has 2 aromatic carbocycles. The highest BCUT2D eigenvalue weighted by atomic mass is 16.2. The molecule has 126 valence electrons. The van der Waals surface area contributed by atoms with Gasteiger partial charge in [0.05, 0.1) is 0 Å². The van der Waals surface area contributed by atoms with Gasteiger partial charge in [-0.15, -0.1) is 0 Å². The van der Waals surface area contributed by atoms with Crippen LogP contribution in [0.15, 0.2) is 66.7 Å². The van der Waals surface area contributed by atoms with Gasteiger partial charge < -0.3 is 5.32 Å². The number of rotatable bonds is 4. The number of carbonyl (C=O) groups is 2. The molecule has 2 N–H and O–H groups in total. The van der Waals surface area contributed by atoms with Crippen molar-refractivity contribution < 1.29 is 9.59 Å². The smallest absolute Gasteiger partial charge is 0.307 e.